The molecule has 0 amide bonds. The van der Waals surface area contributed by atoms with Crippen molar-refractivity contribution in [2.75, 3.05) is 24.5 Å². The van der Waals surface area contributed by atoms with Crippen molar-refractivity contribution in [2.24, 2.45) is 0 Å². The first-order chi connectivity index (χ1) is 10.3. The van der Waals surface area contributed by atoms with Gasteiger partial charge in [0.15, 0.2) is 0 Å². The van der Waals surface area contributed by atoms with Gasteiger partial charge in [-0.25, -0.2) is 4.98 Å². The summed E-state index contributed by atoms with van der Waals surface area (Å²) in [5, 5.41) is 0. The van der Waals surface area contributed by atoms with Gasteiger partial charge in [0.25, 0.3) is 0 Å². The Morgan fingerprint density at radius 1 is 1.05 bits per heavy atom. The van der Waals surface area contributed by atoms with Gasteiger partial charge < -0.3 is 4.90 Å². The fourth-order valence-electron chi connectivity index (χ4n) is 3.96. The van der Waals surface area contributed by atoms with Gasteiger partial charge in [-0.15, -0.1) is 0 Å². The van der Waals surface area contributed by atoms with Crippen molar-refractivity contribution in [1.82, 2.24) is 9.88 Å². The third kappa shape index (κ3) is 3.23. The second kappa shape index (κ2) is 6.78. The van der Waals surface area contributed by atoms with Gasteiger partial charge in [0.1, 0.15) is 5.82 Å². The van der Waals surface area contributed by atoms with Crippen LogP contribution in [-0.2, 0) is 0 Å². The van der Waals surface area contributed by atoms with E-state index in [1.807, 2.05) is 6.20 Å². The zero-order valence-corrected chi connectivity index (χ0v) is 13.6. The summed E-state index contributed by atoms with van der Waals surface area (Å²) in [5.74, 6) is 1.26. The highest BCUT2D eigenvalue weighted by molar-refractivity contribution is 5.49. The highest BCUT2D eigenvalue weighted by Gasteiger charge is 2.31. The summed E-state index contributed by atoms with van der Waals surface area (Å²) in [7, 11) is 0. The molecule has 0 radical (unpaired) electrons. The van der Waals surface area contributed by atoms with Crippen molar-refractivity contribution >= 4 is 5.82 Å². The highest BCUT2D eigenvalue weighted by Crippen LogP contribution is 2.37. The molecule has 0 aromatic carbocycles. The van der Waals surface area contributed by atoms with Crippen molar-refractivity contribution in [3.05, 3.63) is 23.9 Å². The molecule has 3 heterocycles. The molecule has 1 aromatic rings. The van der Waals surface area contributed by atoms with Crippen molar-refractivity contribution in [1.29, 1.82) is 0 Å². The van der Waals surface area contributed by atoms with E-state index in [9.17, 15) is 0 Å². The minimum atomic E-state index is 0.567. The predicted molar refractivity (Wildman–Crippen MR) is 88.7 cm³/mol. The summed E-state index contributed by atoms with van der Waals surface area (Å²) >= 11 is 0. The lowest BCUT2D eigenvalue weighted by Gasteiger charge is -2.32. The molecule has 2 saturated heterocycles. The SMILES string of the molecule is CC(C)N1CCC[C@H]1c1cccnc1N1CCCCCC1. The third-order valence-electron chi connectivity index (χ3n) is 5.04. The van der Waals surface area contributed by atoms with Crippen LogP contribution in [0, 0.1) is 0 Å². The largest absolute Gasteiger partial charge is 0.356 e. The third-order valence-corrected chi connectivity index (χ3v) is 5.04. The lowest BCUT2D eigenvalue weighted by molar-refractivity contribution is 0.205. The minimum Gasteiger partial charge on any atom is -0.356 e. The Morgan fingerprint density at radius 2 is 1.81 bits per heavy atom. The molecule has 3 rings (SSSR count). The van der Waals surface area contributed by atoms with Crippen molar-refractivity contribution in [3.63, 3.8) is 0 Å². The van der Waals surface area contributed by atoms with Gasteiger partial charge in [-0.2, -0.15) is 0 Å². The van der Waals surface area contributed by atoms with Crippen LogP contribution in [-0.4, -0.2) is 35.6 Å². The zero-order chi connectivity index (χ0) is 14.7. The number of nitrogens with zero attached hydrogens (tertiary/aromatic N) is 3. The van der Waals surface area contributed by atoms with Crippen molar-refractivity contribution in [3.8, 4) is 0 Å². The molecule has 116 valence electrons. The number of pyridine rings is 1. The number of hydrogen-bond acceptors (Lipinski definition) is 3. The van der Waals surface area contributed by atoms with Crippen LogP contribution in [0.2, 0.25) is 0 Å². The topological polar surface area (TPSA) is 19.4 Å². The van der Waals surface area contributed by atoms with E-state index in [2.05, 4.69) is 35.8 Å². The van der Waals surface area contributed by atoms with E-state index in [1.54, 1.807) is 0 Å². The monoisotopic (exact) mass is 287 g/mol. The second-order valence-corrected chi connectivity index (χ2v) is 6.81. The Kier molecular flexibility index (Phi) is 4.79. The fraction of sp³-hybridized carbons (Fsp3) is 0.722. The van der Waals surface area contributed by atoms with Crippen LogP contribution in [0.15, 0.2) is 18.3 Å². The quantitative estimate of drug-likeness (QED) is 0.837. The first kappa shape index (κ1) is 14.8. The van der Waals surface area contributed by atoms with E-state index in [0.717, 1.165) is 0 Å². The molecular formula is C18H29N3. The molecule has 1 aromatic heterocycles. The molecule has 2 aliphatic rings. The molecule has 0 unspecified atom stereocenters. The Hall–Kier alpha value is -1.09. The van der Waals surface area contributed by atoms with Gasteiger partial charge in [-0.3, -0.25) is 4.90 Å². The maximum absolute atomic E-state index is 4.78. The number of anilines is 1. The van der Waals surface area contributed by atoms with E-state index in [0.29, 0.717) is 12.1 Å². The summed E-state index contributed by atoms with van der Waals surface area (Å²) in [5.41, 5.74) is 1.46. The van der Waals surface area contributed by atoms with E-state index in [-0.39, 0.29) is 0 Å². The molecular weight excluding hydrogens is 258 g/mol. The predicted octanol–water partition coefficient (Wildman–Crippen LogP) is 4.01. The minimum absolute atomic E-state index is 0.567. The van der Waals surface area contributed by atoms with Gasteiger partial charge >= 0.3 is 0 Å². The molecule has 21 heavy (non-hydrogen) atoms. The average Bonchev–Trinajstić information content (AvgIpc) is 2.83. The molecule has 0 saturated carbocycles. The van der Waals surface area contributed by atoms with E-state index >= 15 is 0 Å². The van der Waals surface area contributed by atoms with Gasteiger partial charge in [0, 0.05) is 36.9 Å². The van der Waals surface area contributed by atoms with Crippen LogP contribution >= 0.6 is 0 Å². The number of likely N-dealkylation sites (tertiary alicyclic amines) is 1. The highest BCUT2D eigenvalue weighted by atomic mass is 15.2. The van der Waals surface area contributed by atoms with Gasteiger partial charge in [0.2, 0.25) is 0 Å². The van der Waals surface area contributed by atoms with Crippen LogP contribution in [0.1, 0.15) is 64.0 Å². The maximum atomic E-state index is 4.78. The van der Waals surface area contributed by atoms with Crippen LogP contribution in [0.25, 0.3) is 0 Å². The molecule has 3 heteroatoms. The standard InChI is InChI=1S/C18H29N3/c1-15(2)21-14-8-10-17(21)16-9-7-11-19-18(16)20-12-5-3-4-6-13-20/h7,9,11,15,17H,3-6,8,10,12-14H2,1-2H3/t17-/m0/s1. The fourth-order valence-corrected chi connectivity index (χ4v) is 3.96. The van der Waals surface area contributed by atoms with Crippen molar-refractivity contribution < 1.29 is 0 Å². The second-order valence-electron chi connectivity index (χ2n) is 6.81. The molecule has 2 fully saturated rings. The first-order valence-corrected chi connectivity index (χ1v) is 8.73. The van der Waals surface area contributed by atoms with E-state index in [4.69, 9.17) is 4.98 Å². The molecule has 2 aliphatic heterocycles. The Balaban J connectivity index is 1.88. The summed E-state index contributed by atoms with van der Waals surface area (Å²) < 4.78 is 0. The molecule has 0 aliphatic carbocycles. The Labute approximate surface area is 129 Å². The van der Waals surface area contributed by atoms with Crippen LogP contribution in [0.3, 0.4) is 0 Å². The number of hydrogen-bond donors (Lipinski definition) is 0. The summed E-state index contributed by atoms with van der Waals surface area (Å²) in [6, 6.07) is 5.62. The zero-order valence-electron chi connectivity index (χ0n) is 13.6. The number of aromatic nitrogens is 1. The number of rotatable bonds is 3. The van der Waals surface area contributed by atoms with Crippen LogP contribution < -0.4 is 4.90 Å². The Morgan fingerprint density at radius 3 is 2.52 bits per heavy atom. The Bertz CT molecular complexity index is 450. The lowest BCUT2D eigenvalue weighted by atomic mass is 10.0. The lowest BCUT2D eigenvalue weighted by Crippen LogP contribution is -2.32. The summed E-state index contributed by atoms with van der Waals surface area (Å²) in [6.45, 7) is 8.23. The first-order valence-electron chi connectivity index (χ1n) is 8.73. The average molecular weight is 287 g/mol. The van der Waals surface area contributed by atoms with Gasteiger partial charge in [0.05, 0.1) is 0 Å². The van der Waals surface area contributed by atoms with E-state index < -0.39 is 0 Å². The maximum Gasteiger partial charge on any atom is 0.133 e. The van der Waals surface area contributed by atoms with Crippen LogP contribution in [0.5, 0.6) is 0 Å². The molecule has 0 bridgehead atoms. The molecule has 1 atom stereocenters. The normalized spacial score (nSPS) is 24.5. The molecule has 3 nitrogen and oxygen atoms in total. The van der Waals surface area contributed by atoms with Gasteiger partial charge in [-0.05, 0) is 52.1 Å². The molecule has 0 spiro atoms. The van der Waals surface area contributed by atoms with Crippen LogP contribution in [0.4, 0.5) is 5.82 Å². The van der Waals surface area contributed by atoms with E-state index in [1.165, 1.54) is 69.5 Å². The summed E-state index contributed by atoms with van der Waals surface area (Å²) in [4.78, 5) is 9.97. The molecule has 0 N–H and O–H groups in total. The van der Waals surface area contributed by atoms with Gasteiger partial charge in [-0.1, -0.05) is 18.9 Å². The smallest absolute Gasteiger partial charge is 0.133 e. The summed E-state index contributed by atoms with van der Waals surface area (Å²) in [6.07, 6.45) is 9.95. The van der Waals surface area contributed by atoms with Crippen molar-refractivity contribution in [2.45, 2.75) is 64.5 Å².